The van der Waals surface area contributed by atoms with Crippen LogP contribution in [0.15, 0.2) is 30.3 Å². The van der Waals surface area contributed by atoms with Gasteiger partial charge in [0.05, 0.1) is 25.3 Å². The van der Waals surface area contributed by atoms with Gasteiger partial charge in [-0.15, -0.1) is 0 Å². The zero-order valence-corrected chi connectivity index (χ0v) is 12.0. The second-order valence-electron chi connectivity index (χ2n) is 5.21. The van der Waals surface area contributed by atoms with Gasteiger partial charge in [-0.25, -0.2) is 4.98 Å². The molecule has 20 heavy (non-hydrogen) atoms. The molecule has 1 aliphatic heterocycles. The van der Waals surface area contributed by atoms with E-state index >= 15 is 0 Å². The van der Waals surface area contributed by atoms with Crippen molar-refractivity contribution in [2.45, 2.75) is 18.9 Å². The molecule has 0 radical (unpaired) electrons. The van der Waals surface area contributed by atoms with Gasteiger partial charge in [0.2, 0.25) is 0 Å². The molecule has 1 fully saturated rings. The molecule has 0 N–H and O–H groups in total. The van der Waals surface area contributed by atoms with Crippen LogP contribution >= 0.6 is 0 Å². The third-order valence-electron chi connectivity index (χ3n) is 3.93. The molecule has 1 aromatic heterocycles. The average Bonchev–Trinajstić information content (AvgIpc) is 2.54. The fraction of sp³-hybridized carbons (Fsp3) is 0.438. The molecule has 0 amide bonds. The van der Waals surface area contributed by atoms with Crippen LogP contribution in [0.2, 0.25) is 0 Å². The van der Waals surface area contributed by atoms with Crippen molar-refractivity contribution in [1.82, 2.24) is 4.98 Å². The minimum absolute atomic E-state index is 0.423. The first-order chi connectivity index (χ1) is 9.78. The Hall–Kier alpha value is -1.81. The number of methoxy groups -OCH3 is 1. The van der Waals surface area contributed by atoms with Crippen molar-refractivity contribution in [2.24, 2.45) is 0 Å². The summed E-state index contributed by atoms with van der Waals surface area (Å²) < 4.78 is 10.8. The Morgan fingerprint density at radius 2 is 2.20 bits per heavy atom. The van der Waals surface area contributed by atoms with E-state index in [0.29, 0.717) is 6.04 Å². The topological polar surface area (TPSA) is 34.6 Å². The van der Waals surface area contributed by atoms with E-state index in [1.54, 1.807) is 7.11 Å². The predicted molar refractivity (Wildman–Crippen MR) is 80.5 cm³/mol. The summed E-state index contributed by atoms with van der Waals surface area (Å²) >= 11 is 0. The maximum absolute atomic E-state index is 5.56. The molecular weight excluding hydrogens is 252 g/mol. The minimum Gasteiger partial charge on any atom is -0.497 e. The van der Waals surface area contributed by atoms with Crippen LogP contribution in [0, 0.1) is 0 Å². The van der Waals surface area contributed by atoms with Gasteiger partial charge < -0.3 is 14.4 Å². The van der Waals surface area contributed by atoms with Gasteiger partial charge in [-0.3, -0.25) is 0 Å². The van der Waals surface area contributed by atoms with Gasteiger partial charge >= 0.3 is 0 Å². The number of likely N-dealkylation sites (N-methyl/N-ethyl adjacent to an activating group) is 1. The highest BCUT2D eigenvalue weighted by molar-refractivity contribution is 5.81. The molecule has 4 heteroatoms. The summed E-state index contributed by atoms with van der Waals surface area (Å²) in [6.07, 6.45) is 2.29. The molecule has 1 unspecified atom stereocenters. The number of pyridine rings is 1. The van der Waals surface area contributed by atoms with Gasteiger partial charge in [-0.1, -0.05) is 0 Å². The molecule has 0 spiro atoms. The first kappa shape index (κ1) is 13.2. The fourth-order valence-corrected chi connectivity index (χ4v) is 2.63. The number of anilines is 1. The van der Waals surface area contributed by atoms with Gasteiger partial charge in [0.1, 0.15) is 11.6 Å². The Bertz CT molecular complexity index is 594. The zero-order chi connectivity index (χ0) is 13.9. The number of ether oxygens (including phenoxy) is 2. The lowest BCUT2D eigenvalue weighted by atomic mass is 10.1. The van der Waals surface area contributed by atoms with Crippen molar-refractivity contribution in [3.63, 3.8) is 0 Å². The van der Waals surface area contributed by atoms with Crippen molar-refractivity contribution in [2.75, 3.05) is 32.3 Å². The lowest BCUT2D eigenvalue weighted by Gasteiger charge is -2.32. The Morgan fingerprint density at radius 1 is 1.30 bits per heavy atom. The van der Waals surface area contributed by atoms with Crippen LogP contribution in [-0.4, -0.2) is 38.4 Å². The maximum Gasteiger partial charge on any atom is 0.129 e. The van der Waals surface area contributed by atoms with Gasteiger partial charge in [0, 0.05) is 19.0 Å². The highest BCUT2D eigenvalue weighted by atomic mass is 16.5. The van der Waals surface area contributed by atoms with Crippen LogP contribution in [0.25, 0.3) is 10.9 Å². The quantitative estimate of drug-likeness (QED) is 0.860. The Kier molecular flexibility index (Phi) is 3.74. The van der Waals surface area contributed by atoms with E-state index in [1.807, 2.05) is 18.2 Å². The van der Waals surface area contributed by atoms with Crippen LogP contribution in [0.5, 0.6) is 5.75 Å². The summed E-state index contributed by atoms with van der Waals surface area (Å²) in [5, 5.41) is 1.10. The average molecular weight is 272 g/mol. The van der Waals surface area contributed by atoms with E-state index in [9.17, 15) is 0 Å². The number of fused-ring (bicyclic) bond motifs is 1. The van der Waals surface area contributed by atoms with Gasteiger partial charge in [-0.2, -0.15) is 0 Å². The number of nitrogens with zero attached hydrogens (tertiary/aromatic N) is 2. The molecule has 2 aromatic rings. The molecule has 1 saturated heterocycles. The highest BCUT2D eigenvalue weighted by Crippen LogP contribution is 2.24. The first-order valence-corrected chi connectivity index (χ1v) is 7.03. The van der Waals surface area contributed by atoms with E-state index in [0.717, 1.165) is 42.1 Å². The largest absolute Gasteiger partial charge is 0.497 e. The monoisotopic (exact) mass is 272 g/mol. The van der Waals surface area contributed by atoms with Gasteiger partial charge in [-0.05, 0) is 43.2 Å². The lowest BCUT2D eigenvalue weighted by molar-refractivity contribution is 0.0805. The molecule has 106 valence electrons. The van der Waals surface area contributed by atoms with Crippen LogP contribution in [-0.2, 0) is 4.74 Å². The second kappa shape index (κ2) is 5.67. The smallest absolute Gasteiger partial charge is 0.129 e. The lowest BCUT2D eigenvalue weighted by Crippen LogP contribution is -2.38. The normalized spacial score (nSPS) is 19.0. The van der Waals surface area contributed by atoms with Crippen molar-refractivity contribution in [3.8, 4) is 5.75 Å². The molecule has 0 bridgehead atoms. The fourth-order valence-electron chi connectivity index (χ4n) is 2.63. The third-order valence-corrected chi connectivity index (χ3v) is 3.93. The summed E-state index contributed by atoms with van der Waals surface area (Å²) in [6.45, 7) is 1.67. The van der Waals surface area contributed by atoms with E-state index in [-0.39, 0.29) is 0 Å². The standard InChI is InChI=1S/C16H20N2O2/c1-18(13-4-3-9-20-11-13)16-8-5-12-10-14(19-2)6-7-15(12)17-16/h5-8,10,13H,3-4,9,11H2,1-2H3. The first-order valence-electron chi connectivity index (χ1n) is 7.03. The Morgan fingerprint density at radius 3 is 2.95 bits per heavy atom. The maximum atomic E-state index is 5.56. The minimum atomic E-state index is 0.423. The van der Waals surface area contributed by atoms with Gasteiger partial charge in [0.25, 0.3) is 0 Å². The predicted octanol–water partition coefficient (Wildman–Crippen LogP) is 2.86. The molecule has 0 saturated carbocycles. The van der Waals surface area contributed by atoms with Crippen molar-refractivity contribution in [1.29, 1.82) is 0 Å². The molecular formula is C16H20N2O2. The highest BCUT2D eigenvalue weighted by Gasteiger charge is 2.19. The van der Waals surface area contributed by atoms with Crippen LogP contribution in [0.3, 0.4) is 0 Å². The van der Waals surface area contributed by atoms with E-state index in [2.05, 4.69) is 24.1 Å². The molecule has 1 aromatic carbocycles. The number of benzene rings is 1. The number of aromatic nitrogens is 1. The Balaban J connectivity index is 1.88. The SMILES string of the molecule is COc1ccc2nc(N(C)C3CCCOC3)ccc2c1. The number of hydrogen-bond donors (Lipinski definition) is 0. The van der Waals surface area contributed by atoms with Crippen LogP contribution < -0.4 is 9.64 Å². The molecule has 1 aliphatic rings. The summed E-state index contributed by atoms with van der Waals surface area (Å²) in [7, 11) is 3.77. The molecule has 3 rings (SSSR count). The summed E-state index contributed by atoms with van der Waals surface area (Å²) in [5.41, 5.74) is 0.992. The molecule has 1 atom stereocenters. The second-order valence-corrected chi connectivity index (χ2v) is 5.21. The van der Waals surface area contributed by atoms with Crippen LogP contribution in [0.1, 0.15) is 12.8 Å². The number of hydrogen-bond acceptors (Lipinski definition) is 4. The molecule has 2 heterocycles. The van der Waals surface area contributed by atoms with Crippen LogP contribution in [0.4, 0.5) is 5.82 Å². The molecule has 0 aliphatic carbocycles. The Labute approximate surface area is 119 Å². The van der Waals surface area contributed by atoms with Crippen molar-refractivity contribution < 1.29 is 9.47 Å². The van der Waals surface area contributed by atoms with E-state index in [1.165, 1.54) is 6.42 Å². The number of rotatable bonds is 3. The third kappa shape index (κ3) is 2.56. The summed E-state index contributed by atoms with van der Waals surface area (Å²) in [6, 6.07) is 10.5. The zero-order valence-electron chi connectivity index (χ0n) is 12.0. The van der Waals surface area contributed by atoms with Crippen molar-refractivity contribution in [3.05, 3.63) is 30.3 Å². The summed E-state index contributed by atoms with van der Waals surface area (Å²) in [4.78, 5) is 6.97. The van der Waals surface area contributed by atoms with E-state index in [4.69, 9.17) is 14.5 Å². The molecule has 4 nitrogen and oxygen atoms in total. The summed E-state index contributed by atoms with van der Waals surface area (Å²) in [5.74, 6) is 1.86. The van der Waals surface area contributed by atoms with E-state index < -0.39 is 0 Å². The van der Waals surface area contributed by atoms with Gasteiger partial charge in [0.15, 0.2) is 0 Å². The van der Waals surface area contributed by atoms with Crippen molar-refractivity contribution >= 4 is 16.7 Å².